The zero-order valence-electron chi connectivity index (χ0n) is 19.8. The fourth-order valence-electron chi connectivity index (χ4n) is 4.28. The summed E-state index contributed by atoms with van der Waals surface area (Å²) >= 11 is 5.90. The summed E-state index contributed by atoms with van der Waals surface area (Å²) in [5.74, 6) is 0.763. The van der Waals surface area contributed by atoms with Gasteiger partial charge in [0.25, 0.3) is 5.91 Å². The van der Waals surface area contributed by atoms with Crippen molar-refractivity contribution < 1.29 is 14.3 Å². The molecule has 0 saturated carbocycles. The Morgan fingerprint density at radius 3 is 2.43 bits per heavy atom. The molecule has 0 aliphatic carbocycles. The van der Waals surface area contributed by atoms with Gasteiger partial charge in [-0.05, 0) is 85.6 Å². The molecule has 0 spiro atoms. The first-order valence-electron chi connectivity index (χ1n) is 11.8. The number of carbonyl (C=O) groups excluding carboxylic acids is 2. The van der Waals surface area contributed by atoms with Gasteiger partial charge in [0.15, 0.2) is 0 Å². The number of carbonyl (C=O) groups is 2. The smallest absolute Gasteiger partial charge is 0.255 e. The van der Waals surface area contributed by atoms with Crippen molar-refractivity contribution in [2.24, 2.45) is 5.92 Å². The third kappa shape index (κ3) is 7.07. The number of nitrogens with zero attached hydrogens (tertiary/aromatic N) is 1. The van der Waals surface area contributed by atoms with Gasteiger partial charge < -0.3 is 15.4 Å². The molecular formula is C28H30ClN3O3. The van der Waals surface area contributed by atoms with E-state index in [1.54, 1.807) is 31.4 Å². The zero-order valence-corrected chi connectivity index (χ0v) is 20.6. The topological polar surface area (TPSA) is 70.7 Å². The number of piperidine rings is 1. The second-order valence-electron chi connectivity index (χ2n) is 8.78. The summed E-state index contributed by atoms with van der Waals surface area (Å²) < 4.78 is 5.25. The molecule has 182 valence electrons. The van der Waals surface area contributed by atoms with Crippen molar-refractivity contribution in [1.82, 2.24) is 10.2 Å². The van der Waals surface area contributed by atoms with Crippen molar-refractivity contribution in [2.75, 3.05) is 25.5 Å². The maximum Gasteiger partial charge on any atom is 0.255 e. The van der Waals surface area contributed by atoms with Gasteiger partial charge >= 0.3 is 0 Å². The molecular weight excluding hydrogens is 462 g/mol. The molecule has 3 aromatic rings. The van der Waals surface area contributed by atoms with E-state index in [4.69, 9.17) is 16.3 Å². The molecule has 0 atom stereocenters. The maximum absolute atomic E-state index is 12.7. The third-order valence-electron chi connectivity index (χ3n) is 6.26. The first-order valence-corrected chi connectivity index (χ1v) is 12.2. The van der Waals surface area contributed by atoms with E-state index < -0.39 is 0 Å². The van der Waals surface area contributed by atoms with Crippen LogP contribution in [0.25, 0.3) is 0 Å². The number of ether oxygens (including phenoxy) is 1. The van der Waals surface area contributed by atoms with Crippen LogP contribution in [-0.2, 0) is 17.9 Å². The van der Waals surface area contributed by atoms with Gasteiger partial charge in [0.05, 0.1) is 7.11 Å². The van der Waals surface area contributed by atoms with Gasteiger partial charge in [0.2, 0.25) is 5.91 Å². The Morgan fingerprint density at radius 2 is 1.69 bits per heavy atom. The van der Waals surface area contributed by atoms with Gasteiger partial charge in [-0.1, -0.05) is 35.9 Å². The summed E-state index contributed by atoms with van der Waals surface area (Å²) in [7, 11) is 1.64. The highest BCUT2D eigenvalue weighted by atomic mass is 35.5. The fourth-order valence-corrected chi connectivity index (χ4v) is 4.41. The molecule has 1 aliphatic rings. The number of nitrogens with one attached hydrogen (secondary N) is 2. The molecule has 3 aromatic carbocycles. The number of rotatable bonds is 8. The lowest BCUT2D eigenvalue weighted by Gasteiger charge is -2.31. The Kier molecular flexibility index (Phi) is 8.40. The molecule has 0 aromatic heterocycles. The van der Waals surface area contributed by atoms with Crippen LogP contribution in [0, 0.1) is 5.92 Å². The summed E-state index contributed by atoms with van der Waals surface area (Å²) in [4.78, 5) is 27.5. The second kappa shape index (κ2) is 11.9. The van der Waals surface area contributed by atoms with E-state index in [0.717, 1.165) is 55.0 Å². The number of likely N-dealkylation sites (tertiary alicyclic amines) is 1. The van der Waals surface area contributed by atoms with Crippen molar-refractivity contribution in [2.45, 2.75) is 25.9 Å². The summed E-state index contributed by atoms with van der Waals surface area (Å²) in [5, 5.41) is 6.62. The summed E-state index contributed by atoms with van der Waals surface area (Å²) in [6.07, 6.45) is 1.66. The minimum atomic E-state index is -0.167. The van der Waals surface area contributed by atoms with Crippen molar-refractivity contribution in [3.05, 3.63) is 94.5 Å². The maximum atomic E-state index is 12.7. The average Bonchev–Trinajstić information content (AvgIpc) is 2.88. The van der Waals surface area contributed by atoms with Crippen LogP contribution in [0.3, 0.4) is 0 Å². The van der Waals surface area contributed by atoms with E-state index in [0.29, 0.717) is 17.1 Å². The van der Waals surface area contributed by atoms with Crippen LogP contribution in [0.5, 0.6) is 5.75 Å². The molecule has 6 nitrogen and oxygen atoms in total. The highest BCUT2D eigenvalue weighted by Gasteiger charge is 2.24. The van der Waals surface area contributed by atoms with Crippen molar-refractivity contribution in [3.8, 4) is 5.75 Å². The largest absolute Gasteiger partial charge is 0.497 e. The quantitative estimate of drug-likeness (QED) is 0.458. The van der Waals surface area contributed by atoms with E-state index in [-0.39, 0.29) is 17.7 Å². The van der Waals surface area contributed by atoms with E-state index in [1.807, 2.05) is 42.5 Å². The van der Waals surface area contributed by atoms with Crippen molar-refractivity contribution >= 4 is 29.1 Å². The molecule has 7 heteroatoms. The van der Waals surface area contributed by atoms with Crippen LogP contribution in [0.15, 0.2) is 72.8 Å². The Labute approximate surface area is 211 Å². The van der Waals surface area contributed by atoms with Crippen molar-refractivity contribution in [1.29, 1.82) is 0 Å². The lowest BCUT2D eigenvalue weighted by Crippen LogP contribution is -2.40. The molecule has 1 saturated heterocycles. The molecule has 2 amide bonds. The summed E-state index contributed by atoms with van der Waals surface area (Å²) in [6, 6.07) is 22.5. The van der Waals surface area contributed by atoms with Crippen LogP contribution < -0.4 is 15.4 Å². The van der Waals surface area contributed by atoms with E-state index in [9.17, 15) is 9.59 Å². The lowest BCUT2D eigenvalue weighted by molar-refractivity contribution is -0.126. The number of amides is 2. The number of hydrogen-bond acceptors (Lipinski definition) is 4. The zero-order chi connectivity index (χ0) is 24.6. The Balaban J connectivity index is 1.24. The van der Waals surface area contributed by atoms with E-state index in [1.165, 1.54) is 0 Å². The normalized spacial score (nSPS) is 14.3. The number of halogens is 1. The molecule has 0 bridgehead atoms. The Bertz CT molecular complexity index is 1160. The van der Waals surface area contributed by atoms with Crippen LogP contribution in [-0.4, -0.2) is 36.9 Å². The first kappa shape index (κ1) is 24.8. The van der Waals surface area contributed by atoms with Gasteiger partial charge in [-0.2, -0.15) is 0 Å². The van der Waals surface area contributed by atoms with Crippen molar-refractivity contribution in [3.63, 3.8) is 0 Å². The SMILES string of the molecule is COc1cccc(CNC(=O)C2CCN(Cc3cccc(NC(=O)c4ccc(Cl)cc4)c3)CC2)c1. The summed E-state index contributed by atoms with van der Waals surface area (Å²) in [5.41, 5.74) is 3.47. The molecule has 2 N–H and O–H groups in total. The minimum Gasteiger partial charge on any atom is -0.497 e. The van der Waals surface area contributed by atoms with E-state index >= 15 is 0 Å². The molecule has 1 aliphatic heterocycles. The van der Waals surface area contributed by atoms with Crippen LogP contribution in [0.2, 0.25) is 5.02 Å². The van der Waals surface area contributed by atoms with Crippen LogP contribution >= 0.6 is 11.6 Å². The standard InChI is InChI=1S/C28H30ClN3O3/c1-35-26-7-3-4-20(17-26)18-30-27(33)23-12-14-32(15-13-23)19-21-5-2-6-25(16-21)31-28(34)22-8-10-24(29)11-9-22/h2-11,16-17,23H,12-15,18-19H2,1H3,(H,30,33)(H,31,34). The third-order valence-corrected chi connectivity index (χ3v) is 6.51. The Hall–Kier alpha value is -3.35. The first-order chi connectivity index (χ1) is 17.0. The average molecular weight is 492 g/mol. The highest BCUT2D eigenvalue weighted by Crippen LogP contribution is 2.21. The molecule has 1 heterocycles. The molecule has 35 heavy (non-hydrogen) atoms. The predicted molar refractivity (Wildman–Crippen MR) is 139 cm³/mol. The monoisotopic (exact) mass is 491 g/mol. The predicted octanol–water partition coefficient (Wildman–Crippen LogP) is 5.13. The highest BCUT2D eigenvalue weighted by molar-refractivity contribution is 6.30. The van der Waals surface area contributed by atoms with Gasteiger partial charge in [-0.15, -0.1) is 0 Å². The molecule has 4 rings (SSSR count). The van der Waals surface area contributed by atoms with Gasteiger partial charge in [-0.25, -0.2) is 0 Å². The number of methoxy groups -OCH3 is 1. The summed E-state index contributed by atoms with van der Waals surface area (Å²) in [6.45, 7) is 3.00. The van der Waals surface area contributed by atoms with Crippen LogP contribution in [0.4, 0.5) is 5.69 Å². The van der Waals surface area contributed by atoms with Gasteiger partial charge in [-0.3, -0.25) is 14.5 Å². The Morgan fingerprint density at radius 1 is 0.971 bits per heavy atom. The number of hydrogen-bond donors (Lipinski definition) is 2. The minimum absolute atomic E-state index is 0.0295. The molecule has 1 fully saturated rings. The molecule has 0 unspecified atom stereocenters. The van der Waals surface area contributed by atoms with Crippen LogP contribution in [0.1, 0.15) is 34.3 Å². The molecule has 0 radical (unpaired) electrons. The number of anilines is 1. The number of benzene rings is 3. The lowest BCUT2D eigenvalue weighted by atomic mass is 9.95. The van der Waals surface area contributed by atoms with E-state index in [2.05, 4.69) is 21.6 Å². The van der Waals surface area contributed by atoms with Gasteiger partial charge in [0, 0.05) is 35.3 Å². The fraction of sp³-hybridized carbons (Fsp3) is 0.286. The second-order valence-corrected chi connectivity index (χ2v) is 9.22. The van der Waals surface area contributed by atoms with Gasteiger partial charge in [0.1, 0.15) is 5.75 Å².